The van der Waals surface area contributed by atoms with E-state index in [-0.39, 0.29) is 11.8 Å². The third-order valence-electron chi connectivity index (χ3n) is 4.92. The van der Waals surface area contributed by atoms with Gasteiger partial charge in [0.1, 0.15) is 11.0 Å². The molecule has 0 aliphatic heterocycles. The molecule has 0 aliphatic carbocycles. The minimum Gasteiger partial charge on any atom is -0.326 e. The van der Waals surface area contributed by atoms with Crippen molar-refractivity contribution in [3.05, 3.63) is 59.1 Å². The molecule has 0 saturated carbocycles. The van der Waals surface area contributed by atoms with Gasteiger partial charge in [0.25, 0.3) is 0 Å². The highest BCUT2D eigenvalue weighted by atomic mass is 35.5. The lowest BCUT2D eigenvalue weighted by Gasteiger charge is -2.23. The van der Waals surface area contributed by atoms with Crippen LogP contribution in [0.5, 0.6) is 0 Å². The summed E-state index contributed by atoms with van der Waals surface area (Å²) in [6.45, 7) is 5.79. The fourth-order valence-electron chi connectivity index (χ4n) is 2.88. The van der Waals surface area contributed by atoms with Gasteiger partial charge in [-0.1, -0.05) is 73.5 Å². The molecule has 2 aromatic carbocycles. The summed E-state index contributed by atoms with van der Waals surface area (Å²) in [6.07, 6.45) is 0.717. The van der Waals surface area contributed by atoms with Crippen LogP contribution >= 0.6 is 22.9 Å². The Morgan fingerprint density at radius 1 is 1.06 bits per heavy atom. The highest BCUT2D eigenvalue weighted by Gasteiger charge is 2.27. The number of urea groups is 1. The van der Waals surface area contributed by atoms with E-state index in [4.69, 9.17) is 11.6 Å². The van der Waals surface area contributed by atoms with Crippen molar-refractivity contribution in [2.45, 2.75) is 33.2 Å². The smallest absolute Gasteiger partial charge is 0.319 e. The molecular weight excluding hydrogens is 434 g/mol. The van der Waals surface area contributed by atoms with Gasteiger partial charge in [0, 0.05) is 16.3 Å². The van der Waals surface area contributed by atoms with Crippen LogP contribution in [-0.4, -0.2) is 28.2 Å². The van der Waals surface area contributed by atoms with Gasteiger partial charge in [-0.25, -0.2) is 4.79 Å². The lowest BCUT2D eigenvalue weighted by atomic mass is 9.98. The number of hydrogen-bond donors (Lipinski definition) is 3. The van der Waals surface area contributed by atoms with Crippen molar-refractivity contribution in [2.24, 2.45) is 5.92 Å². The monoisotopic (exact) mass is 457 g/mol. The number of anilines is 2. The Bertz CT molecular complexity index is 1050. The first kappa shape index (κ1) is 22.7. The first-order valence-corrected chi connectivity index (χ1v) is 11.1. The molecule has 0 aliphatic rings. The van der Waals surface area contributed by atoms with Gasteiger partial charge < -0.3 is 10.6 Å². The second-order valence-corrected chi connectivity index (χ2v) is 8.60. The summed E-state index contributed by atoms with van der Waals surface area (Å²) in [5, 5.41) is 18.2. The van der Waals surface area contributed by atoms with Crippen LogP contribution in [0.1, 0.15) is 25.8 Å². The topological polar surface area (TPSA) is 96.0 Å². The van der Waals surface area contributed by atoms with Gasteiger partial charge >= 0.3 is 6.03 Å². The zero-order valence-corrected chi connectivity index (χ0v) is 19.1. The molecule has 3 rings (SSSR count). The minimum absolute atomic E-state index is 0.0775. The molecule has 2 atom stereocenters. The summed E-state index contributed by atoms with van der Waals surface area (Å²) in [4.78, 5) is 25.5. The SMILES string of the molecule is CCC(C)C(NC(=O)Nc1ccccc1C)C(=O)Nc1nnc(-c2ccc(Cl)cc2)s1. The first-order chi connectivity index (χ1) is 14.9. The Kier molecular flexibility index (Phi) is 7.59. The molecule has 3 aromatic rings. The number of para-hydroxylation sites is 1. The van der Waals surface area contributed by atoms with Gasteiger partial charge in [0.05, 0.1) is 0 Å². The zero-order chi connectivity index (χ0) is 22.4. The molecule has 1 heterocycles. The van der Waals surface area contributed by atoms with Crippen molar-refractivity contribution in [3.63, 3.8) is 0 Å². The van der Waals surface area contributed by atoms with Crippen LogP contribution in [0.3, 0.4) is 0 Å². The molecule has 1 aromatic heterocycles. The lowest BCUT2D eigenvalue weighted by molar-refractivity contribution is -0.119. The van der Waals surface area contributed by atoms with Gasteiger partial charge in [-0.3, -0.25) is 10.1 Å². The Morgan fingerprint density at radius 3 is 2.45 bits per heavy atom. The van der Waals surface area contributed by atoms with Crippen LogP contribution in [-0.2, 0) is 4.79 Å². The largest absolute Gasteiger partial charge is 0.326 e. The summed E-state index contributed by atoms with van der Waals surface area (Å²) in [5.74, 6) is -0.417. The second-order valence-electron chi connectivity index (χ2n) is 7.19. The molecule has 0 saturated heterocycles. The number of benzene rings is 2. The summed E-state index contributed by atoms with van der Waals surface area (Å²) < 4.78 is 0. The first-order valence-electron chi connectivity index (χ1n) is 9.90. The fourth-order valence-corrected chi connectivity index (χ4v) is 3.76. The lowest BCUT2D eigenvalue weighted by Crippen LogP contribution is -2.49. The van der Waals surface area contributed by atoms with E-state index in [0.717, 1.165) is 17.5 Å². The number of carbonyl (C=O) groups is 2. The predicted molar refractivity (Wildman–Crippen MR) is 126 cm³/mol. The van der Waals surface area contributed by atoms with Gasteiger partial charge in [0.15, 0.2) is 0 Å². The van der Waals surface area contributed by atoms with Crippen LogP contribution in [0, 0.1) is 12.8 Å². The predicted octanol–water partition coefficient (Wildman–Crippen LogP) is 5.34. The van der Waals surface area contributed by atoms with Crippen LogP contribution in [0.15, 0.2) is 48.5 Å². The Balaban J connectivity index is 1.68. The summed E-state index contributed by atoms with van der Waals surface area (Å²) in [7, 11) is 0. The molecule has 7 nitrogen and oxygen atoms in total. The highest BCUT2D eigenvalue weighted by Crippen LogP contribution is 2.27. The van der Waals surface area contributed by atoms with Crippen LogP contribution < -0.4 is 16.0 Å². The molecular formula is C22H24ClN5O2S. The van der Waals surface area contributed by atoms with E-state index >= 15 is 0 Å². The van der Waals surface area contributed by atoms with E-state index in [2.05, 4.69) is 26.1 Å². The molecule has 2 unspecified atom stereocenters. The summed E-state index contributed by atoms with van der Waals surface area (Å²) >= 11 is 7.18. The summed E-state index contributed by atoms with van der Waals surface area (Å²) in [5.41, 5.74) is 2.49. The highest BCUT2D eigenvalue weighted by molar-refractivity contribution is 7.18. The number of rotatable bonds is 7. The number of aryl methyl sites for hydroxylation is 1. The third-order valence-corrected chi connectivity index (χ3v) is 6.06. The zero-order valence-electron chi connectivity index (χ0n) is 17.5. The molecule has 0 spiro atoms. The number of aromatic nitrogens is 2. The molecule has 31 heavy (non-hydrogen) atoms. The van der Waals surface area contributed by atoms with Crippen LogP contribution in [0.25, 0.3) is 10.6 Å². The maximum Gasteiger partial charge on any atom is 0.319 e. The maximum absolute atomic E-state index is 12.9. The molecule has 0 fully saturated rings. The van der Waals surface area contributed by atoms with Crippen molar-refractivity contribution in [2.75, 3.05) is 10.6 Å². The second kappa shape index (κ2) is 10.4. The van der Waals surface area contributed by atoms with Crippen molar-refractivity contribution < 1.29 is 9.59 Å². The fraction of sp³-hybridized carbons (Fsp3) is 0.273. The number of halogens is 1. The maximum atomic E-state index is 12.9. The van der Waals surface area contributed by atoms with E-state index in [0.29, 0.717) is 20.8 Å². The van der Waals surface area contributed by atoms with Crippen LogP contribution in [0.2, 0.25) is 5.02 Å². The van der Waals surface area contributed by atoms with Crippen molar-refractivity contribution in [1.82, 2.24) is 15.5 Å². The number of amides is 3. The number of carbonyl (C=O) groups excluding carboxylic acids is 2. The molecule has 162 valence electrons. The number of hydrogen-bond acceptors (Lipinski definition) is 5. The Hall–Kier alpha value is -2.97. The molecule has 9 heteroatoms. The van der Waals surface area contributed by atoms with Gasteiger partial charge in [0.2, 0.25) is 11.0 Å². The average molecular weight is 458 g/mol. The Labute approximate surface area is 190 Å². The molecule has 0 bridgehead atoms. The van der Waals surface area contributed by atoms with Crippen molar-refractivity contribution in [3.8, 4) is 10.6 Å². The van der Waals surface area contributed by atoms with Crippen molar-refractivity contribution in [1.29, 1.82) is 0 Å². The van der Waals surface area contributed by atoms with Crippen LogP contribution in [0.4, 0.5) is 15.6 Å². The van der Waals surface area contributed by atoms with E-state index in [1.54, 1.807) is 12.1 Å². The molecule has 3 N–H and O–H groups in total. The van der Waals surface area contributed by atoms with E-state index in [9.17, 15) is 9.59 Å². The molecule has 3 amide bonds. The molecule has 0 radical (unpaired) electrons. The summed E-state index contributed by atoms with van der Waals surface area (Å²) in [6, 6.07) is 13.5. The quantitative estimate of drug-likeness (QED) is 0.446. The number of nitrogens with zero attached hydrogens (tertiary/aromatic N) is 2. The van der Waals surface area contributed by atoms with E-state index in [1.807, 2.05) is 57.2 Å². The van der Waals surface area contributed by atoms with E-state index in [1.165, 1.54) is 11.3 Å². The minimum atomic E-state index is -0.725. The third kappa shape index (κ3) is 6.02. The average Bonchev–Trinajstić information content (AvgIpc) is 3.22. The normalized spacial score (nSPS) is 12.6. The van der Waals surface area contributed by atoms with Gasteiger partial charge in [-0.15, -0.1) is 10.2 Å². The number of nitrogens with one attached hydrogen (secondary N) is 3. The van der Waals surface area contributed by atoms with Gasteiger partial charge in [-0.2, -0.15) is 0 Å². The van der Waals surface area contributed by atoms with Crippen molar-refractivity contribution >= 4 is 45.7 Å². The Morgan fingerprint density at radius 2 is 1.77 bits per heavy atom. The standard InChI is InChI=1S/C22H24ClN5O2S/c1-4-13(2)18(25-21(30)24-17-8-6-5-7-14(17)3)19(29)26-22-28-27-20(31-22)15-9-11-16(23)12-10-15/h5-13,18H,4H2,1-3H3,(H2,24,25,30)(H,26,28,29). The van der Waals surface area contributed by atoms with Gasteiger partial charge in [-0.05, 0) is 36.6 Å². The van der Waals surface area contributed by atoms with E-state index < -0.39 is 12.1 Å².